The third-order valence-corrected chi connectivity index (χ3v) is 2.62. The molecule has 0 radical (unpaired) electrons. The summed E-state index contributed by atoms with van der Waals surface area (Å²) < 4.78 is 13.2. The van der Waals surface area contributed by atoms with Gasteiger partial charge in [0.15, 0.2) is 0 Å². The van der Waals surface area contributed by atoms with Gasteiger partial charge in [-0.15, -0.1) is 0 Å². The van der Waals surface area contributed by atoms with Crippen molar-refractivity contribution < 1.29 is 19.2 Å². The van der Waals surface area contributed by atoms with Gasteiger partial charge in [-0.3, -0.25) is 14.9 Å². The van der Waals surface area contributed by atoms with E-state index in [2.05, 4.69) is 0 Å². The fourth-order valence-electron chi connectivity index (χ4n) is 1.80. The summed E-state index contributed by atoms with van der Waals surface area (Å²) in [4.78, 5) is 20.9. The topological polar surface area (TPSA) is 80.4 Å². The third-order valence-electron chi connectivity index (χ3n) is 2.62. The van der Waals surface area contributed by atoms with Crippen LogP contribution in [0.4, 0.5) is 10.1 Å². The molecular formula is C12H14FNO4. The Morgan fingerprint density at radius 1 is 1.50 bits per heavy atom. The van der Waals surface area contributed by atoms with Gasteiger partial charge in [-0.05, 0) is 24.5 Å². The average molecular weight is 255 g/mol. The average Bonchev–Trinajstić information content (AvgIpc) is 2.27. The minimum atomic E-state index is -0.969. The predicted molar refractivity (Wildman–Crippen MR) is 62.8 cm³/mol. The number of halogens is 1. The first kappa shape index (κ1) is 14.1. The highest BCUT2D eigenvalue weighted by Crippen LogP contribution is 2.21. The van der Waals surface area contributed by atoms with Crippen LogP contribution in [0.3, 0.4) is 0 Å². The number of aliphatic carboxylic acids is 1. The van der Waals surface area contributed by atoms with Gasteiger partial charge in [0.2, 0.25) is 0 Å². The van der Waals surface area contributed by atoms with Gasteiger partial charge in [0.1, 0.15) is 5.82 Å². The van der Waals surface area contributed by atoms with Crippen LogP contribution >= 0.6 is 0 Å². The second-order valence-electron chi connectivity index (χ2n) is 4.10. The lowest BCUT2D eigenvalue weighted by molar-refractivity contribution is -0.385. The van der Waals surface area contributed by atoms with E-state index in [1.165, 1.54) is 6.07 Å². The summed E-state index contributed by atoms with van der Waals surface area (Å²) in [6.07, 6.45) is 1.25. The summed E-state index contributed by atoms with van der Waals surface area (Å²) in [6, 6.07) is 3.17. The van der Waals surface area contributed by atoms with Gasteiger partial charge < -0.3 is 5.11 Å². The molecule has 0 fully saturated rings. The maximum Gasteiger partial charge on any atom is 0.306 e. The van der Waals surface area contributed by atoms with Crippen LogP contribution in [0.2, 0.25) is 0 Å². The number of carboxylic acids is 1. The maximum atomic E-state index is 13.2. The molecule has 0 aromatic heterocycles. The highest BCUT2D eigenvalue weighted by Gasteiger charge is 2.19. The zero-order valence-corrected chi connectivity index (χ0v) is 9.93. The van der Waals surface area contributed by atoms with E-state index in [0.29, 0.717) is 18.4 Å². The largest absolute Gasteiger partial charge is 0.481 e. The molecular weight excluding hydrogens is 241 g/mol. The van der Waals surface area contributed by atoms with Crippen LogP contribution in [0.25, 0.3) is 0 Å². The molecule has 0 aliphatic carbocycles. The number of rotatable bonds is 6. The van der Waals surface area contributed by atoms with Gasteiger partial charge in [0.05, 0.1) is 16.9 Å². The molecule has 1 aromatic rings. The summed E-state index contributed by atoms with van der Waals surface area (Å²) >= 11 is 0. The Balaban J connectivity index is 2.95. The molecule has 0 bridgehead atoms. The molecule has 0 saturated heterocycles. The second-order valence-corrected chi connectivity index (χ2v) is 4.10. The number of nitrogens with zero attached hydrogens (tertiary/aromatic N) is 1. The van der Waals surface area contributed by atoms with Crippen molar-refractivity contribution in [3.05, 3.63) is 39.7 Å². The van der Waals surface area contributed by atoms with Crippen LogP contribution in [0, 0.1) is 21.8 Å². The highest BCUT2D eigenvalue weighted by atomic mass is 19.1. The molecule has 0 aliphatic heterocycles. The van der Waals surface area contributed by atoms with Crippen LogP contribution in [-0.4, -0.2) is 16.0 Å². The highest BCUT2D eigenvalue weighted by molar-refractivity contribution is 5.70. The molecule has 0 heterocycles. The summed E-state index contributed by atoms with van der Waals surface area (Å²) in [5.41, 5.74) is -0.0202. The summed E-state index contributed by atoms with van der Waals surface area (Å²) in [6.45, 7) is 1.85. The number of carbonyl (C=O) groups is 1. The van der Waals surface area contributed by atoms with Gasteiger partial charge in [0.25, 0.3) is 5.69 Å². The Bertz CT molecular complexity index is 461. The van der Waals surface area contributed by atoms with Gasteiger partial charge in [0, 0.05) is 6.07 Å². The minimum Gasteiger partial charge on any atom is -0.481 e. The van der Waals surface area contributed by atoms with Crippen molar-refractivity contribution in [2.45, 2.75) is 26.2 Å². The van der Waals surface area contributed by atoms with E-state index in [9.17, 15) is 19.3 Å². The van der Waals surface area contributed by atoms with E-state index in [-0.39, 0.29) is 12.1 Å². The van der Waals surface area contributed by atoms with Crippen molar-refractivity contribution in [1.82, 2.24) is 0 Å². The molecule has 0 spiro atoms. The number of benzene rings is 1. The normalized spacial score (nSPS) is 12.1. The predicted octanol–water partition coefficient (Wildman–Crippen LogP) is 2.78. The van der Waals surface area contributed by atoms with Crippen molar-refractivity contribution >= 4 is 11.7 Å². The molecule has 1 unspecified atom stereocenters. The molecule has 98 valence electrons. The van der Waals surface area contributed by atoms with Crippen molar-refractivity contribution in [2.75, 3.05) is 0 Å². The summed E-state index contributed by atoms with van der Waals surface area (Å²) in [5, 5.41) is 19.6. The van der Waals surface area contributed by atoms with Crippen molar-refractivity contribution in [1.29, 1.82) is 0 Å². The molecule has 18 heavy (non-hydrogen) atoms. The van der Waals surface area contributed by atoms with E-state index < -0.39 is 22.6 Å². The molecule has 0 saturated carbocycles. The SMILES string of the molecule is CCCC(Cc1cc(F)cc([N+](=O)[O-])c1)C(=O)O. The molecule has 0 aliphatic rings. The second kappa shape index (κ2) is 6.09. The zero-order chi connectivity index (χ0) is 13.7. The fourth-order valence-corrected chi connectivity index (χ4v) is 1.80. The van der Waals surface area contributed by atoms with Crippen LogP contribution in [-0.2, 0) is 11.2 Å². The quantitative estimate of drug-likeness (QED) is 0.626. The standard InChI is InChI=1S/C12H14FNO4/c1-2-3-9(12(15)16)4-8-5-10(13)7-11(6-8)14(17)18/h5-7,9H,2-4H2,1H3,(H,15,16). The molecule has 5 nitrogen and oxygen atoms in total. The van der Waals surface area contributed by atoms with Crippen molar-refractivity contribution in [3.63, 3.8) is 0 Å². The van der Waals surface area contributed by atoms with Crippen molar-refractivity contribution in [2.24, 2.45) is 5.92 Å². The number of nitro benzene ring substituents is 1. The van der Waals surface area contributed by atoms with Crippen LogP contribution < -0.4 is 0 Å². The van der Waals surface area contributed by atoms with E-state index in [0.717, 1.165) is 12.1 Å². The van der Waals surface area contributed by atoms with E-state index in [1.54, 1.807) is 0 Å². The lowest BCUT2D eigenvalue weighted by atomic mass is 9.95. The fraction of sp³-hybridized carbons (Fsp3) is 0.417. The maximum absolute atomic E-state index is 13.2. The minimum absolute atomic E-state index is 0.0990. The monoisotopic (exact) mass is 255 g/mol. The molecule has 1 atom stereocenters. The Labute approximate surface area is 103 Å². The number of hydrogen-bond acceptors (Lipinski definition) is 3. The lowest BCUT2D eigenvalue weighted by Gasteiger charge is -2.11. The Morgan fingerprint density at radius 2 is 2.17 bits per heavy atom. The first-order chi connectivity index (χ1) is 8.43. The Hall–Kier alpha value is -1.98. The third kappa shape index (κ3) is 3.80. The number of hydrogen-bond donors (Lipinski definition) is 1. The van der Waals surface area contributed by atoms with Gasteiger partial charge in [-0.25, -0.2) is 4.39 Å². The summed E-state index contributed by atoms with van der Waals surface area (Å²) in [5.74, 6) is -2.33. The molecule has 1 N–H and O–H groups in total. The number of carboxylic acid groups (broad SMARTS) is 1. The number of nitro groups is 1. The van der Waals surface area contributed by atoms with E-state index in [1.807, 2.05) is 6.92 Å². The van der Waals surface area contributed by atoms with Gasteiger partial charge in [-0.2, -0.15) is 0 Å². The summed E-state index contributed by atoms with van der Waals surface area (Å²) in [7, 11) is 0. The first-order valence-electron chi connectivity index (χ1n) is 5.60. The molecule has 1 aromatic carbocycles. The van der Waals surface area contributed by atoms with E-state index >= 15 is 0 Å². The Kier molecular flexibility index (Phi) is 4.76. The molecule has 1 rings (SSSR count). The smallest absolute Gasteiger partial charge is 0.306 e. The van der Waals surface area contributed by atoms with Gasteiger partial charge in [-0.1, -0.05) is 13.3 Å². The number of non-ortho nitro benzene ring substituents is 1. The van der Waals surface area contributed by atoms with Crippen LogP contribution in [0.15, 0.2) is 18.2 Å². The zero-order valence-electron chi connectivity index (χ0n) is 9.93. The first-order valence-corrected chi connectivity index (χ1v) is 5.60. The molecule has 6 heteroatoms. The van der Waals surface area contributed by atoms with Crippen molar-refractivity contribution in [3.8, 4) is 0 Å². The van der Waals surface area contributed by atoms with Gasteiger partial charge >= 0.3 is 5.97 Å². The van der Waals surface area contributed by atoms with Crippen LogP contribution in [0.5, 0.6) is 0 Å². The lowest BCUT2D eigenvalue weighted by Crippen LogP contribution is -2.16. The van der Waals surface area contributed by atoms with Crippen LogP contribution in [0.1, 0.15) is 25.3 Å². The van der Waals surface area contributed by atoms with E-state index in [4.69, 9.17) is 5.11 Å². The molecule has 0 amide bonds. The Morgan fingerprint density at radius 3 is 2.67 bits per heavy atom.